The van der Waals surface area contributed by atoms with Crippen LogP contribution >= 0.6 is 22.9 Å². The lowest BCUT2D eigenvalue weighted by Gasteiger charge is -2.39. The molecule has 1 aromatic carbocycles. The predicted molar refractivity (Wildman–Crippen MR) is 124 cm³/mol. The topological polar surface area (TPSA) is 120 Å². The van der Waals surface area contributed by atoms with Crippen LogP contribution in [0.25, 0.3) is 32.5 Å². The second-order valence-corrected chi connectivity index (χ2v) is 9.81. The zero-order valence-corrected chi connectivity index (χ0v) is 19.1. The Morgan fingerprint density at radius 3 is 2.76 bits per heavy atom. The Hall–Kier alpha value is -2.94. The van der Waals surface area contributed by atoms with Crippen molar-refractivity contribution in [3.05, 3.63) is 27.9 Å². The fraction of sp³-hybridized carbons (Fsp3) is 0.381. The summed E-state index contributed by atoms with van der Waals surface area (Å²) in [6.45, 7) is 2.76. The van der Waals surface area contributed by atoms with Crippen molar-refractivity contribution in [1.82, 2.24) is 25.1 Å². The van der Waals surface area contributed by atoms with Gasteiger partial charge in [0.25, 0.3) is 0 Å². The highest BCUT2D eigenvalue weighted by molar-refractivity contribution is 7.19. The number of H-pyrrole nitrogens is 1. The van der Waals surface area contributed by atoms with Crippen LogP contribution in [0.1, 0.15) is 30.0 Å². The number of aryl methyl sites for hydroxylation is 1. The largest absolute Gasteiger partial charge is 0.341 e. The maximum Gasteiger partial charge on any atom is 0.240 e. The molecule has 4 aromatic rings. The Morgan fingerprint density at radius 2 is 2.06 bits per heavy atom. The number of nitrogens with zero attached hydrogens (tertiary/aromatic N) is 6. The van der Waals surface area contributed by atoms with Crippen LogP contribution in [0.4, 0.5) is 14.7 Å². The van der Waals surface area contributed by atoms with Gasteiger partial charge in [-0.25, -0.2) is 18.7 Å². The van der Waals surface area contributed by atoms with E-state index in [0.29, 0.717) is 59.2 Å². The summed E-state index contributed by atoms with van der Waals surface area (Å²) < 4.78 is 26.5. The number of aromatic amines is 1. The van der Waals surface area contributed by atoms with Crippen molar-refractivity contribution >= 4 is 50.1 Å². The highest BCUT2D eigenvalue weighted by Crippen LogP contribution is 2.39. The van der Waals surface area contributed by atoms with Gasteiger partial charge in [-0.05, 0) is 31.9 Å². The lowest BCUT2D eigenvalue weighted by molar-refractivity contribution is 0.0953. The first-order valence-corrected chi connectivity index (χ1v) is 11.5. The minimum atomic E-state index is -2.44. The lowest BCUT2D eigenvalue weighted by atomic mass is 9.86. The van der Waals surface area contributed by atoms with Gasteiger partial charge in [-0.2, -0.15) is 15.3 Å². The quantitative estimate of drug-likeness (QED) is 0.436. The van der Waals surface area contributed by atoms with E-state index in [0.717, 1.165) is 15.2 Å². The van der Waals surface area contributed by atoms with Gasteiger partial charge >= 0.3 is 0 Å². The first kappa shape index (κ1) is 21.9. The van der Waals surface area contributed by atoms with E-state index in [1.807, 2.05) is 24.0 Å². The molecule has 1 aliphatic rings. The van der Waals surface area contributed by atoms with Gasteiger partial charge in [0, 0.05) is 30.6 Å². The van der Waals surface area contributed by atoms with E-state index in [2.05, 4.69) is 31.2 Å². The van der Waals surface area contributed by atoms with Crippen LogP contribution in [0.15, 0.2) is 12.1 Å². The first-order chi connectivity index (χ1) is 15.8. The second-order valence-electron chi connectivity index (χ2n) is 8.23. The summed E-state index contributed by atoms with van der Waals surface area (Å²) in [4.78, 5) is 15.3. The summed E-state index contributed by atoms with van der Waals surface area (Å²) in [7, 11) is 0. The fourth-order valence-corrected chi connectivity index (χ4v) is 5.48. The van der Waals surface area contributed by atoms with Crippen molar-refractivity contribution in [2.24, 2.45) is 5.73 Å². The molecule has 0 amide bonds. The summed E-state index contributed by atoms with van der Waals surface area (Å²) in [5, 5.41) is 19.0. The van der Waals surface area contributed by atoms with Crippen molar-refractivity contribution in [2.45, 2.75) is 38.2 Å². The molecule has 0 bridgehead atoms. The van der Waals surface area contributed by atoms with E-state index in [9.17, 15) is 14.0 Å². The Morgan fingerprint density at radius 1 is 1.30 bits per heavy atom. The molecule has 0 unspecified atom stereocenters. The van der Waals surface area contributed by atoms with E-state index in [4.69, 9.17) is 17.3 Å². The number of nitrogens with two attached hydrogens (primary N) is 1. The minimum absolute atomic E-state index is 0.160. The maximum absolute atomic E-state index is 12.8. The molecule has 0 radical (unpaired) electrons. The van der Waals surface area contributed by atoms with Crippen LogP contribution < -0.4 is 10.6 Å². The van der Waals surface area contributed by atoms with Crippen LogP contribution in [0.3, 0.4) is 0 Å². The summed E-state index contributed by atoms with van der Waals surface area (Å²) in [6.07, 6.45) is -2.00. The van der Waals surface area contributed by atoms with E-state index in [-0.39, 0.29) is 12.1 Å². The number of benzene rings is 1. The Bertz CT molecular complexity index is 1400. The summed E-state index contributed by atoms with van der Waals surface area (Å²) >= 11 is 8.17. The number of rotatable bonds is 4. The standard InChI is InChI=1S/C21H19ClF2N8S/c1-10-27-12-3-2-11(16(22)18(12)33-10)17-15-13(9-25)28-20(29-19(15)31-30-17)32-6-4-21(26,5-7-32)8-14(23)24/h2-3,14H,4-8,26H2,1H3,(H,28,29,30,31). The molecule has 0 spiro atoms. The van der Waals surface area contributed by atoms with Gasteiger partial charge in [0.15, 0.2) is 11.3 Å². The highest BCUT2D eigenvalue weighted by Gasteiger charge is 2.34. The molecule has 0 saturated carbocycles. The Labute approximate surface area is 196 Å². The molecule has 8 nitrogen and oxygen atoms in total. The van der Waals surface area contributed by atoms with Gasteiger partial charge in [0.1, 0.15) is 11.8 Å². The lowest BCUT2D eigenvalue weighted by Crippen LogP contribution is -2.51. The van der Waals surface area contributed by atoms with Gasteiger partial charge in [-0.15, -0.1) is 11.3 Å². The van der Waals surface area contributed by atoms with Crippen molar-refractivity contribution < 1.29 is 8.78 Å². The molecule has 4 heterocycles. The third-order valence-corrected chi connectivity index (χ3v) is 7.48. The molecular weight excluding hydrogens is 470 g/mol. The van der Waals surface area contributed by atoms with E-state index in [1.165, 1.54) is 11.3 Å². The fourth-order valence-electron chi connectivity index (χ4n) is 4.25. The number of fused-ring (bicyclic) bond motifs is 2. The third-order valence-electron chi connectivity index (χ3n) is 5.98. The molecule has 0 aliphatic carbocycles. The summed E-state index contributed by atoms with van der Waals surface area (Å²) in [5.41, 5.74) is 7.75. The average molecular weight is 489 g/mol. The van der Waals surface area contributed by atoms with Crippen LogP contribution in [0, 0.1) is 18.3 Å². The third kappa shape index (κ3) is 3.88. The molecule has 170 valence electrons. The molecule has 3 aromatic heterocycles. The number of aromatic nitrogens is 5. The van der Waals surface area contributed by atoms with E-state index < -0.39 is 12.0 Å². The highest BCUT2D eigenvalue weighted by atomic mass is 35.5. The molecule has 1 saturated heterocycles. The molecule has 5 rings (SSSR count). The number of alkyl halides is 2. The van der Waals surface area contributed by atoms with Crippen LogP contribution in [0.5, 0.6) is 0 Å². The Kier molecular flexibility index (Phi) is 5.39. The van der Waals surface area contributed by atoms with Crippen molar-refractivity contribution in [3.63, 3.8) is 0 Å². The summed E-state index contributed by atoms with van der Waals surface area (Å²) in [5.74, 6) is 0.341. The van der Waals surface area contributed by atoms with Crippen LogP contribution in [0.2, 0.25) is 5.02 Å². The van der Waals surface area contributed by atoms with Gasteiger partial charge in [0.2, 0.25) is 12.4 Å². The van der Waals surface area contributed by atoms with Crippen LogP contribution in [-0.2, 0) is 0 Å². The predicted octanol–water partition coefficient (Wildman–Crippen LogP) is 4.42. The SMILES string of the molecule is Cc1nc2ccc(-c3n[nH]c4nc(N5CCC(N)(CC(F)F)CC5)nc(C#N)c34)c(Cl)c2s1. The van der Waals surface area contributed by atoms with Gasteiger partial charge in [-0.3, -0.25) is 5.10 Å². The number of piperidine rings is 1. The number of hydrogen-bond acceptors (Lipinski definition) is 8. The van der Waals surface area contributed by atoms with E-state index in [1.54, 1.807) is 0 Å². The number of hydrogen-bond donors (Lipinski definition) is 2. The molecule has 1 aliphatic heterocycles. The van der Waals surface area contributed by atoms with Gasteiger partial charge < -0.3 is 10.6 Å². The maximum atomic E-state index is 12.8. The zero-order valence-electron chi connectivity index (χ0n) is 17.6. The van der Waals surface area contributed by atoms with E-state index >= 15 is 0 Å². The Balaban J connectivity index is 1.52. The minimum Gasteiger partial charge on any atom is -0.341 e. The zero-order chi connectivity index (χ0) is 23.3. The number of anilines is 1. The normalized spacial score (nSPS) is 16.1. The van der Waals surface area contributed by atoms with Crippen molar-refractivity contribution in [3.8, 4) is 17.3 Å². The average Bonchev–Trinajstić information content (AvgIpc) is 3.36. The summed E-state index contributed by atoms with van der Waals surface area (Å²) in [6, 6.07) is 5.83. The molecule has 3 N–H and O–H groups in total. The monoisotopic (exact) mass is 488 g/mol. The number of halogens is 3. The second kappa shape index (κ2) is 8.13. The molecular formula is C21H19ClF2N8S. The van der Waals surface area contributed by atoms with Crippen molar-refractivity contribution in [1.29, 1.82) is 5.26 Å². The molecule has 12 heteroatoms. The van der Waals surface area contributed by atoms with Gasteiger partial charge in [0.05, 0.1) is 25.6 Å². The first-order valence-electron chi connectivity index (χ1n) is 10.3. The number of nitrogens with one attached hydrogen (secondary N) is 1. The van der Waals surface area contributed by atoms with Crippen molar-refractivity contribution in [2.75, 3.05) is 18.0 Å². The molecule has 33 heavy (non-hydrogen) atoms. The molecule has 0 atom stereocenters. The number of nitriles is 1. The molecule has 1 fully saturated rings. The van der Waals surface area contributed by atoms with Crippen LogP contribution in [-0.4, -0.2) is 50.2 Å². The smallest absolute Gasteiger partial charge is 0.240 e. The number of thiazole rings is 1. The van der Waals surface area contributed by atoms with Gasteiger partial charge in [-0.1, -0.05) is 11.6 Å².